The average Bonchev–Trinajstić information content (AvgIpc) is 2.45. The molecule has 0 radical (unpaired) electrons. The van der Waals surface area contributed by atoms with Crippen molar-refractivity contribution in [3.63, 3.8) is 0 Å². The van der Waals surface area contributed by atoms with Crippen molar-refractivity contribution in [2.24, 2.45) is 0 Å². The molecule has 0 atom stereocenters. The topological polar surface area (TPSA) is 74.0 Å². The third kappa shape index (κ3) is 3.03. The van der Waals surface area contributed by atoms with Crippen LogP contribution in [0, 0.1) is 5.82 Å². The fraction of sp³-hybridized carbons (Fsp3) is 0.143. The maximum absolute atomic E-state index is 13.3. The van der Waals surface area contributed by atoms with E-state index in [9.17, 15) is 14.0 Å². The predicted octanol–water partition coefficient (Wildman–Crippen LogP) is 1.34. The number of anilines is 1. The van der Waals surface area contributed by atoms with Crippen molar-refractivity contribution in [2.75, 3.05) is 18.9 Å². The van der Waals surface area contributed by atoms with Gasteiger partial charge in [0, 0.05) is 24.9 Å². The van der Waals surface area contributed by atoms with Gasteiger partial charge in [-0.15, -0.1) is 0 Å². The lowest BCUT2D eigenvalue weighted by atomic mass is 10.1. The van der Waals surface area contributed by atoms with Gasteiger partial charge in [0.15, 0.2) is 0 Å². The number of carbonyl (C=O) groups is 1. The summed E-state index contributed by atoms with van der Waals surface area (Å²) in [5.41, 5.74) is 0.941. The van der Waals surface area contributed by atoms with E-state index >= 15 is 0 Å². The molecule has 0 bridgehead atoms. The van der Waals surface area contributed by atoms with Gasteiger partial charge in [0.1, 0.15) is 11.5 Å². The Morgan fingerprint density at radius 2 is 2.15 bits per heavy atom. The summed E-state index contributed by atoms with van der Waals surface area (Å²) in [5, 5.41) is 5.22. The number of halogens is 1. The number of H-pyrrole nitrogens is 1. The molecular formula is C14H14FN3O2. The van der Waals surface area contributed by atoms with Gasteiger partial charge in [-0.25, -0.2) is 4.39 Å². The number of pyridine rings is 1. The minimum atomic E-state index is -0.399. The molecule has 6 heteroatoms. The Hall–Kier alpha value is -2.63. The van der Waals surface area contributed by atoms with Crippen LogP contribution in [0.25, 0.3) is 11.3 Å². The fourth-order valence-corrected chi connectivity index (χ4v) is 1.78. The van der Waals surface area contributed by atoms with Crippen molar-refractivity contribution in [3.05, 3.63) is 52.6 Å². The van der Waals surface area contributed by atoms with Crippen LogP contribution >= 0.6 is 0 Å². The molecule has 0 unspecified atom stereocenters. The molecule has 0 spiro atoms. The van der Waals surface area contributed by atoms with Crippen molar-refractivity contribution in [3.8, 4) is 11.3 Å². The molecule has 1 heterocycles. The number of hydrogen-bond donors (Lipinski definition) is 3. The summed E-state index contributed by atoms with van der Waals surface area (Å²) < 4.78 is 13.3. The Labute approximate surface area is 114 Å². The van der Waals surface area contributed by atoms with Crippen molar-refractivity contribution >= 4 is 11.6 Å². The van der Waals surface area contributed by atoms with Crippen molar-refractivity contribution in [1.29, 1.82) is 0 Å². The zero-order valence-corrected chi connectivity index (χ0v) is 10.9. The minimum absolute atomic E-state index is 0.0358. The molecule has 1 amide bonds. The van der Waals surface area contributed by atoms with Gasteiger partial charge in [0.05, 0.1) is 12.2 Å². The first-order chi connectivity index (χ1) is 9.61. The Balaban J connectivity index is 2.41. The maximum atomic E-state index is 13.3. The van der Waals surface area contributed by atoms with Crippen LogP contribution in [-0.4, -0.2) is 24.5 Å². The van der Waals surface area contributed by atoms with Crippen LogP contribution in [0.4, 0.5) is 10.1 Å². The molecule has 1 aromatic heterocycles. The third-order valence-electron chi connectivity index (χ3n) is 2.78. The quantitative estimate of drug-likeness (QED) is 0.788. The molecule has 2 aromatic rings. The fourth-order valence-electron chi connectivity index (χ4n) is 1.78. The number of nitrogens with one attached hydrogen (secondary N) is 3. The van der Waals surface area contributed by atoms with E-state index in [0.717, 1.165) is 0 Å². The first-order valence-electron chi connectivity index (χ1n) is 6.04. The Morgan fingerprint density at radius 3 is 2.85 bits per heavy atom. The van der Waals surface area contributed by atoms with E-state index in [1.807, 2.05) is 0 Å². The van der Waals surface area contributed by atoms with Crippen molar-refractivity contribution < 1.29 is 9.18 Å². The van der Waals surface area contributed by atoms with E-state index in [0.29, 0.717) is 11.3 Å². The minimum Gasteiger partial charge on any atom is -0.371 e. The number of amides is 1. The third-order valence-corrected chi connectivity index (χ3v) is 2.78. The monoisotopic (exact) mass is 275 g/mol. The van der Waals surface area contributed by atoms with Gasteiger partial charge >= 0.3 is 0 Å². The van der Waals surface area contributed by atoms with E-state index in [2.05, 4.69) is 15.6 Å². The average molecular weight is 275 g/mol. The molecule has 0 aliphatic rings. The number of rotatable bonds is 4. The van der Waals surface area contributed by atoms with Crippen molar-refractivity contribution in [1.82, 2.24) is 10.3 Å². The maximum Gasteiger partial charge on any atom is 0.239 e. The summed E-state index contributed by atoms with van der Waals surface area (Å²) in [6.45, 7) is -0.0358. The van der Waals surface area contributed by atoms with Crippen molar-refractivity contribution in [2.45, 2.75) is 0 Å². The van der Waals surface area contributed by atoms with Gasteiger partial charge in [-0.3, -0.25) is 9.59 Å². The SMILES string of the molecule is CNC(=O)CNc1c(-c2cccc(F)c2)[nH]ccc1=O. The largest absolute Gasteiger partial charge is 0.371 e. The highest BCUT2D eigenvalue weighted by molar-refractivity contribution is 5.82. The zero-order chi connectivity index (χ0) is 14.5. The molecule has 20 heavy (non-hydrogen) atoms. The molecule has 0 aliphatic heterocycles. The van der Waals surface area contributed by atoms with Crippen LogP contribution in [0.5, 0.6) is 0 Å². The summed E-state index contributed by atoms with van der Waals surface area (Å²) in [6.07, 6.45) is 1.48. The van der Waals surface area contributed by atoms with Crippen LogP contribution in [-0.2, 0) is 4.79 Å². The lowest BCUT2D eigenvalue weighted by Crippen LogP contribution is -2.28. The van der Waals surface area contributed by atoms with E-state index in [4.69, 9.17) is 0 Å². The van der Waals surface area contributed by atoms with Crippen LogP contribution in [0.2, 0.25) is 0 Å². The molecular weight excluding hydrogens is 261 g/mol. The van der Waals surface area contributed by atoms with Gasteiger partial charge in [-0.2, -0.15) is 0 Å². The normalized spacial score (nSPS) is 10.1. The molecule has 0 fully saturated rings. The lowest BCUT2D eigenvalue weighted by molar-refractivity contribution is -0.118. The van der Waals surface area contributed by atoms with Gasteiger partial charge in [-0.1, -0.05) is 12.1 Å². The second kappa shape index (κ2) is 6.01. The van der Waals surface area contributed by atoms with E-state index in [1.165, 1.54) is 31.4 Å². The molecule has 5 nitrogen and oxygen atoms in total. The Morgan fingerprint density at radius 1 is 1.35 bits per heavy atom. The van der Waals surface area contributed by atoms with Crippen LogP contribution in [0.15, 0.2) is 41.3 Å². The van der Waals surface area contributed by atoms with Crippen LogP contribution in [0.1, 0.15) is 0 Å². The second-order valence-electron chi connectivity index (χ2n) is 4.13. The molecule has 3 N–H and O–H groups in total. The summed E-state index contributed by atoms with van der Waals surface area (Å²) in [4.78, 5) is 26.0. The van der Waals surface area contributed by atoms with Crippen LogP contribution < -0.4 is 16.1 Å². The highest BCUT2D eigenvalue weighted by Gasteiger charge is 2.10. The summed E-state index contributed by atoms with van der Waals surface area (Å²) >= 11 is 0. The number of carbonyl (C=O) groups excluding carboxylic acids is 1. The Bertz CT molecular complexity index is 682. The second-order valence-corrected chi connectivity index (χ2v) is 4.13. The molecule has 1 aromatic carbocycles. The summed E-state index contributed by atoms with van der Waals surface area (Å²) in [6, 6.07) is 7.21. The smallest absolute Gasteiger partial charge is 0.239 e. The van der Waals surface area contributed by atoms with E-state index in [-0.39, 0.29) is 23.6 Å². The Kier molecular flexibility index (Phi) is 4.14. The number of hydrogen-bond acceptors (Lipinski definition) is 3. The number of aromatic nitrogens is 1. The number of likely N-dealkylation sites (N-methyl/N-ethyl adjacent to an activating group) is 1. The summed E-state index contributed by atoms with van der Waals surface area (Å²) in [7, 11) is 1.51. The molecule has 0 aliphatic carbocycles. The van der Waals surface area contributed by atoms with E-state index < -0.39 is 5.82 Å². The molecule has 0 saturated heterocycles. The lowest BCUT2D eigenvalue weighted by Gasteiger charge is -2.10. The number of benzene rings is 1. The standard InChI is InChI=1S/C14H14FN3O2/c1-16-12(20)8-18-14-11(19)5-6-17-13(14)9-3-2-4-10(15)7-9/h2-7,18H,8H2,1H3,(H,16,20)(H,17,19). The van der Waals surface area contributed by atoms with Crippen LogP contribution in [0.3, 0.4) is 0 Å². The highest BCUT2D eigenvalue weighted by Crippen LogP contribution is 2.22. The van der Waals surface area contributed by atoms with Gasteiger partial charge in [0.2, 0.25) is 11.3 Å². The van der Waals surface area contributed by atoms with Gasteiger partial charge < -0.3 is 15.6 Å². The van der Waals surface area contributed by atoms with Gasteiger partial charge in [0.25, 0.3) is 0 Å². The highest BCUT2D eigenvalue weighted by atomic mass is 19.1. The van der Waals surface area contributed by atoms with Gasteiger partial charge in [-0.05, 0) is 12.1 Å². The first-order valence-corrected chi connectivity index (χ1v) is 6.04. The zero-order valence-electron chi connectivity index (χ0n) is 10.9. The predicted molar refractivity (Wildman–Crippen MR) is 75.0 cm³/mol. The molecule has 104 valence electrons. The molecule has 0 saturated carbocycles. The number of aromatic amines is 1. The summed E-state index contributed by atoms with van der Waals surface area (Å²) in [5.74, 6) is -0.650. The van der Waals surface area contributed by atoms with E-state index in [1.54, 1.807) is 12.1 Å². The molecule has 2 rings (SSSR count). The first kappa shape index (κ1) is 13.8.